The smallest absolute Gasteiger partial charge is 0.191 e. The lowest BCUT2D eigenvalue weighted by atomic mass is 10.1. The predicted octanol–water partition coefficient (Wildman–Crippen LogP) is 3.31. The zero-order valence-corrected chi connectivity index (χ0v) is 15.6. The lowest BCUT2D eigenvalue weighted by molar-refractivity contribution is 0.133. The van der Waals surface area contributed by atoms with Crippen LogP contribution in [-0.4, -0.2) is 26.2 Å². The van der Waals surface area contributed by atoms with Crippen LogP contribution in [0.2, 0.25) is 0 Å². The molecule has 0 aliphatic heterocycles. The average Bonchev–Trinajstić information content (AvgIpc) is 2.49. The highest BCUT2D eigenvalue weighted by Gasteiger charge is 2.03. The normalized spacial score (nSPS) is 10.9. The van der Waals surface area contributed by atoms with Crippen LogP contribution in [0, 0.1) is 0 Å². The summed E-state index contributed by atoms with van der Waals surface area (Å²) in [7, 11) is 1.80. The molecule has 0 unspecified atom stereocenters. The minimum atomic E-state index is 0. The van der Waals surface area contributed by atoms with Crippen LogP contribution >= 0.6 is 24.0 Å². The molecule has 1 rings (SSSR count). The van der Waals surface area contributed by atoms with Crippen LogP contribution in [0.4, 0.5) is 0 Å². The number of hydrogen-bond acceptors (Lipinski definition) is 2. The number of hydrogen-bond donors (Lipinski definition) is 2. The van der Waals surface area contributed by atoms with Crippen LogP contribution in [0.5, 0.6) is 0 Å². The van der Waals surface area contributed by atoms with Crippen LogP contribution in [0.3, 0.4) is 0 Å². The average molecular weight is 405 g/mol. The summed E-state index contributed by atoms with van der Waals surface area (Å²) in [5, 5.41) is 6.66. The number of ether oxygens (including phenoxy) is 1. The number of unbranched alkanes of at least 4 members (excludes halogenated alkanes) is 1. The van der Waals surface area contributed by atoms with Gasteiger partial charge in [0.15, 0.2) is 5.96 Å². The second-order valence-electron chi connectivity index (χ2n) is 4.61. The molecule has 0 spiro atoms. The van der Waals surface area contributed by atoms with Gasteiger partial charge in [0, 0.05) is 26.7 Å². The molecule has 1 aromatic carbocycles. The van der Waals surface area contributed by atoms with Gasteiger partial charge in [0.2, 0.25) is 0 Å². The fraction of sp³-hybridized carbons (Fsp3) is 0.562. The lowest BCUT2D eigenvalue weighted by Crippen LogP contribution is -2.37. The molecular weight excluding hydrogens is 377 g/mol. The second kappa shape index (κ2) is 12.9. The van der Waals surface area contributed by atoms with Crippen molar-refractivity contribution in [2.45, 2.75) is 39.8 Å². The van der Waals surface area contributed by atoms with Gasteiger partial charge in [0.05, 0.1) is 6.61 Å². The van der Waals surface area contributed by atoms with Crippen LogP contribution in [-0.2, 0) is 17.9 Å². The van der Waals surface area contributed by atoms with Crippen molar-refractivity contribution in [1.82, 2.24) is 10.6 Å². The fourth-order valence-electron chi connectivity index (χ4n) is 1.87. The molecule has 0 heterocycles. The monoisotopic (exact) mass is 405 g/mol. The van der Waals surface area contributed by atoms with Gasteiger partial charge in [-0.15, -0.1) is 24.0 Å². The molecule has 0 aliphatic carbocycles. The van der Waals surface area contributed by atoms with Gasteiger partial charge in [-0.05, 0) is 24.5 Å². The number of rotatable bonds is 8. The quantitative estimate of drug-likeness (QED) is 0.302. The first-order valence-electron chi connectivity index (χ1n) is 7.40. The Balaban J connectivity index is 0.00000400. The van der Waals surface area contributed by atoms with E-state index in [4.69, 9.17) is 4.74 Å². The fourth-order valence-corrected chi connectivity index (χ4v) is 1.87. The Hall–Kier alpha value is -0.820. The van der Waals surface area contributed by atoms with Crippen molar-refractivity contribution in [2.24, 2.45) is 4.99 Å². The molecule has 0 bridgehead atoms. The van der Waals surface area contributed by atoms with Gasteiger partial charge in [-0.25, -0.2) is 0 Å². The lowest BCUT2D eigenvalue weighted by Gasteiger charge is -2.14. The summed E-state index contributed by atoms with van der Waals surface area (Å²) in [4.78, 5) is 4.23. The van der Waals surface area contributed by atoms with Crippen LogP contribution < -0.4 is 10.6 Å². The van der Waals surface area contributed by atoms with E-state index in [0.29, 0.717) is 6.61 Å². The molecule has 0 saturated carbocycles. The van der Waals surface area contributed by atoms with E-state index in [2.05, 4.69) is 40.7 Å². The molecule has 0 fully saturated rings. The highest BCUT2D eigenvalue weighted by Crippen LogP contribution is 2.09. The van der Waals surface area contributed by atoms with Gasteiger partial charge in [-0.3, -0.25) is 4.99 Å². The van der Waals surface area contributed by atoms with Gasteiger partial charge in [-0.2, -0.15) is 0 Å². The molecule has 5 heteroatoms. The van der Waals surface area contributed by atoms with Crippen molar-refractivity contribution in [3.05, 3.63) is 35.4 Å². The van der Waals surface area contributed by atoms with Gasteiger partial charge in [0.25, 0.3) is 0 Å². The van der Waals surface area contributed by atoms with E-state index < -0.39 is 0 Å². The van der Waals surface area contributed by atoms with E-state index in [9.17, 15) is 0 Å². The van der Waals surface area contributed by atoms with Crippen molar-refractivity contribution in [2.75, 3.05) is 20.2 Å². The largest absolute Gasteiger partial charge is 0.377 e. The maximum atomic E-state index is 5.50. The highest BCUT2D eigenvalue weighted by molar-refractivity contribution is 14.0. The maximum absolute atomic E-state index is 5.50. The van der Waals surface area contributed by atoms with Crippen molar-refractivity contribution < 1.29 is 4.74 Å². The molecule has 0 aromatic heterocycles. The number of nitrogens with zero attached hydrogens (tertiary/aromatic N) is 1. The number of aliphatic imine (C=N–C) groups is 1. The van der Waals surface area contributed by atoms with Crippen LogP contribution in [0.1, 0.15) is 37.8 Å². The molecule has 120 valence electrons. The Labute approximate surface area is 145 Å². The van der Waals surface area contributed by atoms with E-state index >= 15 is 0 Å². The third-order valence-corrected chi connectivity index (χ3v) is 3.07. The minimum absolute atomic E-state index is 0. The third-order valence-electron chi connectivity index (χ3n) is 3.07. The standard InChI is InChI=1S/C16H27N3O.HI/c1-4-6-11-18-16(17-3)19-12-14-9-7-8-10-15(14)13-20-5-2;/h7-10H,4-6,11-13H2,1-3H3,(H2,17,18,19);1H. The van der Waals surface area contributed by atoms with Crippen molar-refractivity contribution in [1.29, 1.82) is 0 Å². The second-order valence-corrected chi connectivity index (χ2v) is 4.61. The van der Waals surface area contributed by atoms with E-state index in [0.717, 1.165) is 32.1 Å². The number of nitrogens with one attached hydrogen (secondary N) is 2. The molecule has 0 saturated heterocycles. The van der Waals surface area contributed by atoms with Crippen molar-refractivity contribution in [3.8, 4) is 0 Å². The van der Waals surface area contributed by atoms with Crippen LogP contribution in [0.25, 0.3) is 0 Å². The topological polar surface area (TPSA) is 45.7 Å². The summed E-state index contributed by atoms with van der Waals surface area (Å²) >= 11 is 0. The first kappa shape index (κ1) is 20.2. The maximum Gasteiger partial charge on any atom is 0.191 e. The summed E-state index contributed by atoms with van der Waals surface area (Å²) in [6.45, 7) is 7.31. The molecular formula is C16H28IN3O. The SMILES string of the molecule is CCCCNC(=NC)NCc1ccccc1COCC.I. The molecule has 0 aliphatic rings. The molecule has 0 radical (unpaired) electrons. The Morgan fingerprint density at radius 3 is 2.48 bits per heavy atom. The summed E-state index contributed by atoms with van der Waals surface area (Å²) in [5.41, 5.74) is 2.48. The molecule has 2 N–H and O–H groups in total. The van der Waals surface area contributed by atoms with E-state index in [1.54, 1.807) is 7.05 Å². The van der Waals surface area contributed by atoms with E-state index in [-0.39, 0.29) is 24.0 Å². The number of guanidine groups is 1. The molecule has 1 aromatic rings. The minimum Gasteiger partial charge on any atom is -0.377 e. The number of benzene rings is 1. The predicted molar refractivity (Wildman–Crippen MR) is 100 cm³/mol. The molecule has 4 nitrogen and oxygen atoms in total. The van der Waals surface area contributed by atoms with Crippen molar-refractivity contribution >= 4 is 29.9 Å². The summed E-state index contributed by atoms with van der Waals surface area (Å²) in [5.74, 6) is 0.852. The summed E-state index contributed by atoms with van der Waals surface area (Å²) < 4.78 is 5.50. The highest BCUT2D eigenvalue weighted by atomic mass is 127. The molecule has 21 heavy (non-hydrogen) atoms. The molecule has 0 amide bonds. The first-order valence-corrected chi connectivity index (χ1v) is 7.40. The van der Waals surface area contributed by atoms with Gasteiger partial charge >= 0.3 is 0 Å². The Morgan fingerprint density at radius 2 is 1.86 bits per heavy atom. The zero-order chi connectivity index (χ0) is 14.6. The summed E-state index contributed by atoms with van der Waals surface area (Å²) in [6.07, 6.45) is 2.34. The van der Waals surface area contributed by atoms with Gasteiger partial charge in [-0.1, -0.05) is 37.6 Å². The molecule has 0 atom stereocenters. The van der Waals surface area contributed by atoms with Crippen LogP contribution in [0.15, 0.2) is 29.3 Å². The Bertz CT molecular complexity index is 410. The van der Waals surface area contributed by atoms with E-state index in [1.165, 1.54) is 17.5 Å². The third kappa shape index (κ3) is 8.26. The Morgan fingerprint density at radius 1 is 1.14 bits per heavy atom. The first-order chi connectivity index (χ1) is 9.81. The summed E-state index contributed by atoms with van der Waals surface area (Å²) in [6, 6.07) is 8.34. The van der Waals surface area contributed by atoms with Crippen molar-refractivity contribution in [3.63, 3.8) is 0 Å². The van der Waals surface area contributed by atoms with Gasteiger partial charge < -0.3 is 15.4 Å². The zero-order valence-electron chi connectivity index (χ0n) is 13.3. The van der Waals surface area contributed by atoms with Gasteiger partial charge in [0.1, 0.15) is 0 Å². The Kier molecular flexibility index (Phi) is 12.4. The van der Waals surface area contributed by atoms with E-state index in [1.807, 2.05) is 13.0 Å². The number of halogens is 1.